The van der Waals surface area contributed by atoms with Gasteiger partial charge in [0.05, 0.1) is 0 Å². The second-order valence-corrected chi connectivity index (χ2v) is 9.55. The second-order valence-electron chi connectivity index (χ2n) is 9.55. The Labute approximate surface area is 144 Å². The predicted octanol–water partition coefficient (Wildman–Crippen LogP) is 3.98. The number of carbonyl (C=O) groups excluding carboxylic acids is 3. The van der Waals surface area contributed by atoms with Gasteiger partial charge < -0.3 is 0 Å². The fourth-order valence-corrected chi connectivity index (χ4v) is 7.40. The van der Waals surface area contributed by atoms with Crippen molar-refractivity contribution < 1.29 is 14.4 Å². The summed E-state index contributed by atoms with van der Waals surface area (Å²) < 4.78 is 0. The molecule has 6 unspecified atom stereocenters. The van der Waals surface area contributed by atoms with Crippen molar-refractivity contribution in [3.63, 3.8) is 0 Å². The number of Topliss-reactive ketones (excluding diaryl/α,β-unsaturated/α-hetero) is 3. The number of hydrogen-bond donors (Lipinski definition) is 0. The van der Waals surface area contributed by atoms with Gasteiger partial charge in [-0.25, -0.2) is 0 Å². The van der Waals surface area contributed by atoms with E-state index < -0.39 is 5.41 Å². The van der Waals surface area contributed by atoms with Crippen LogP contribution >= 0.6 is 0 Å². The summed E-state index contributed by atoms with van der Waals surface area (Å²) in [6.45, 7) is 6.12. The average Bonchev–Trinajstić information content (AvgIpc) is 2.88. The van der Waals surface area contributed by atoms with Crippen molar-refractivity contribution in [1.29, 1.82) is 0 Å². The summed E-state index contributed by atoms with van der Waals surface area (Å²) >= 11 is 0. The van der Waals surface area contributed by atoms with Crippen LogP contribution in [0.25, 0.3) is 0 Å². The molecule has 0 heterocycles. The highest BCUT2D eigenvalue weighted by Crippen LogP contribution is 2.66. The monoisotopic (exact) mass is 330 g/mol. The van der Waals surface area contributed by atoms with E-state index in [1.165, 1.54) is 0 Å². The lowest BCUT2D eigenvalue weighted by molar-refractivity contribution is -0.160. The molecule has 4 saturated carbocycles. The Balaban J connectivity index is 1.69. The van der Waals surface area contributed by atoms with Gasteiger partial charge >= 0.3 is 0 Å². The van der Waals surface area contributed by atoms with Crippen LogP contribution in [0.3, 0.4) is 0 Å². The third-order valence-electron chi connectivity index (χ3n) is 8.84. The van der Waals surface area contributed by atoms with Gasteiger partial charge in [0, 0.05) is 30.6 Å². The van der Waals surface area contributed by atoms with E-state index >= 15 is 0 Å². The van der Waals surface area contributed by atoms with Crippen molar-refractivity contribution in [3.05, 3.63) is 0 Å². The van der Waals surface area contributed by atoms with E-state index in [4.69, 9.17) is 0 Å². The molecular weight excluding hydrogens is 300 g/mol. The summed E-state index contributed by atoms with van der Waals surface area (Å²) in [7, 11) is 0. The summed E-state index contributed by atoms with van der Waals surface area (Å²) in [5.41, 5.74) is -0.261. The molecule has 0 aliphatic heterocycles. The van der Waals surface area contributed by atoms with Crippen molar-refractivity contribution in [1.82, 2.24) is 0 Å². The van der Waals surface area contributed by atoms with E-state index in [9.17, 15) is 14.4 Å². The standard InChI is InChI=1S/C21H30O3/c1-12(22)16-6-7-17-15-5-4-13-10-14(23)8-9-20(13,2)18(15)11-19(24)21(16,17)3/h13,15-18H,4-11H2,1-3H3/t13-,15?,16?,17?,18?,20?,21?/m0/s1. The van der Waals surface area contributed by atoms with Gasteiger partial charge in [0.15, 0.2) is 0 Å². The van der Waals surface area contributed by atoms with Gasteiger partial charge in [-0.2, -0.15) is 0 Å². The van der Waals surface area contributed by atoms with Crippen LogP contribution in [0.4, 0.5) is 0 Å². The highest BCUT2D eigenvalue weighted by molar-refractivity contribution is 5.93. The molecule has 0 spiro atoms. The van der Waals surface area contributed by atoms with E-state index in [0.29, 0.717) is 48.1 Å². The maximum Gasteiger partial charge on any atom is 0.140 e. The first kappa shape index (κ1) is 16.5. The molecule has 3 heteroatoms. The SMILES string of the molecule is CC(=O)C1CCC2C3CC[C@H]4CC(=O)CCC4(C)C3CC(=O)C12C. The molecule has 0 saturated heterocycles. The molecule has 24 heavy (non-hydrogen) atoms. The maximum atomic E-state index is 13.2. The van der Waals surface area contributed by atoms with E-state index in [2.05, 4.69) is 13.8 Å². The molecular formula is C21H30O3. The van der Waals surface area contributed by atoms with Crippen molar-refractivity contribution in [2.24, 2.45) is 40.4 Å². The quantitative estimate of drug-likeness (QED) is 0.730. The molecule has 0 aromatic rings. The van der Waals surface area contributed by atoms with Crippen LogP contribution < -0.4 is 0 Å². The number of ketones is 3. The minimum absolute atomic E-state index is 0.0607. The largest absolute Gasteiger partial charge is 0.300 e. The summed E-state index contributed by atoms with van der Waals surface area (Å²) in [5.74, 6) is 2.76. The summed E-state index contributed by atoms with van der Waals surface area (Å²) in [6, 6.07) is 0. The lowest BCUT2D eigenvalue weighted by Crippen LogP contribution is -2.57. The summed E-state index contributed by atoms with van der Waals surface area (Å²) in [5, 5.41) is 0. The Morgan fingerprint density at radius 3 is 2.46 bits per heavy atom. The van der Waals surface area contributed by atoms with Crippen LogP contribution in [0.2, 0.25) is 0 Å². The molecule has 0 bridgehead atoms. The van der Waals surface area contributed by atoms with Crippen molar-refractivity contribution in [2.75, 3.05) is 0 Å². The van der Waals surface area contributed by atoms with Gasteiger partial charge in [-0.05, 0) is 68.1 Å². The number of hydrogen-bond acceptors (Lipinski definition) is 3. The zero-order chi connectivity index (χ0) is 17.3. The lowest BCUT2D eigenvalue weighted by atomic mass is 9.44. The first-order valence-corrected chi connectivity index (χ1v) is 9.84. The second kappa shape index (κ2) is 5.25. The van der Waals surface area contributed by atoms with Gasteiger partial charge in [0.1, 0.15) is 17.3 Å². The van der Waals surface area contributed by atoms with E-state index in [1.54, 1.807) is 6.92 Å². The fraction of sp³-hybridized carbons (Fsp3) is 0.857. The summed E-state index contributed by atoms with van der Waals surface area (Å²) in [4.78, 5) is 37.3. The van der Waals surface area contributed by atoms with Crippen LogP contribution in [0.5, 0.6) is 0 Å². The molecule has 4 aliphatic carbocycles. The van der Waals surface area contributed by atoms with Crippen LogP contribution in [0.1, 0.15) is 72.1 Å². The fourth-order valence-electron chi connectivity index (χ4n) is 7.40. The predicted molar refractivity (Wildman–Crippen MR) is 91.3 cm³/mol. The van der Waals surface area contributed by atoms with Gasteiger partial charge in [0.2, 0.25) is 0 Å². The Bertz CT molecular complexity index is 608. The topological polar surface area (TPSA) is 51.2 Å². The normalized spacial score (nSPS) is 50.9. The Morgan fingerprint density at radius 2 is 1.75 bits per heavy atom. The van der Waals surface area contributed by atoms with E-state index in [1.807, 2.05) is 0 Å². The Hall–Kier alpha value is -0.990. The third-order valence-corrected chi connectivity index (χ3v) is 8.84. The van der Waals surface area contributed by atoms with Gasteiger partial charge in [-0.3, -0.25) is 14.4 Å². The molecule has 4 fully saturated rings. The lowest BCUT2D eigenvalue weighted by Gasteiger charge is -2.59. The highest BCUT2D eigenvalue weighted by atomic mass is 16.1. The first-order chi connectivity index (χ1) is 11.3. The number of carbonyl (C=O) groups is 3. The molecule has 4 aliphatic rings. The Morgan fingerprint density at radius 1 is 1.00 bits per heavy atom. The first-order valence-electron chi connectivity index (χ1n) is 9.84. The number of rotatable bonds is 1. The van der Waals surface area contributed by atoms with Crippen LogP contribution in [-0.2, 0) is 14.4 Å². The van der Waals surface area contributed by atoms with E-state index in [0.717, 1.165) is 38.5 Å². The molecule has 3 nitrogen and oxygen atoms in total. The van der Waals surface area contributed by atoms with Crippen LogP contribution in [-0.4, -0.2) is 17.3 Å². The molecule has 0 amide bonds. The maximum absolute atomic E-state index is 13.2. The zero-order valence-electron chi connectivity index (χ0n) is 15.3. The van der Waals surface area contributed by atoms with Crippen LogP contribution in [0, 0.1) is 40.4 Å². The molecule has 132 valence electrons. The van der Waals surface area contributed by atoms with Gasteiger partial charge in [0.25, 0.3) is 0 Å². The van der Waals surface area contributed by atoms with Gasteiger partial charge in [-0.1, -0.05) is 13.8 Å². The minimum Gasteiger partial charge on any atom is -0.300 e. The average molecular weight is 330 g/mol. The number of fused-ring (bicyclic) bond motifs is 5. The molecule has 0 radical (unpaired) electrons. The van der Waals surface area contributed by atoms with Crippen molar-refractivity contribution in [2.45, 2.75) is 72.1 Å². The highest BCUT2D eigenvalue weighted by Gasteiger charge is 2.64. The van der Waals surface area contributed by atoms with Gasteiger partial charge in [-0.15, -0.1) is 0 Å². The van der Waals surface area contributed by atoms with Crippen molar-refractivity contribution in [3.8, 4) is 0 Å². The third kappa shape index (κ3) is 1.99. The minimum atomic E-state index is -0.416. The molecule has 4 rings (SSSR count). The molecule has 0 N–H and O–H groups in total. The zero-order valence-corrected chi connectivity index (χ0v) is 15.3. The van der Waals surface area contributed by atoms with Crippen LogP contribution in [0.15, 0.2) is 0 Å². The smallest absolute Gasteiger partial charge is 0.140 e. The molecule has 0 aromatic carbocycles. The molecule has 0 aromatic heterocycles. The van der Waals surface area contributed by atoms with Crippen molar-refractivity contribution >= 4 is 17.3 Å². The van der Waals surface area contributed by atoms with E-state index in [-0.39, 0.29) is 17.1 Å². The summed E-state index contributed by atoms with van der Waals surface area (Å²) in [6.07, 6.45) is 7.24. The molecule has 7 atom stereocenters. The Kier molecular flexibility index (Phi) is 3.61.